The van der Waals surface area contributed by atoms with Crippen LogP contribution in [0.1, 0.15) is 18.4 Å². The van der Waals surface area contributed by atoms with E-state index in [9.17, 15) is 30.8 Å². The number of halogens is 4. The van der Waals surface area contributed by atoms with Crippen LogP contribution in [-0.4, -0.2) is 40.3 Å². The van der Waals surface area contributed by atoms with Gasteiger partial charge in [-0.3, -0.25) is 9.10 Å². The predicted octanol–water partition coefficient (Wildman–Crippen LogP) is 3.59. The van der Waals surface area contributed by atoms with Crippen LogP contribution in [0.3, 0.4) is 0 Å². The monoisotopic (exact) mass is 462 g/mol. The SMILES string of the molecule is CS(=O)(=O)N(CCCC(=O)NCCOc1ccc(F)cc1)c1ccccc1C(F)(F)F. The molecule has 31 heavy (non-hydrogen) atoms. The largest absolute Gasteiger partial charge is 0.492 e. The maximum Gasteiger partial charge on any atom is 0.418 e. The van der Waals surface area contributed by atoms with Gasteiger partial charge in [0.25, 0.3) is 0 Å². The number of rotatable bonds is 10. The zero-order chi connectivity index (χ0) is 23.1. The molecule has 0 fully saturated rings. The smallest absolute Gasteiger partial charge is 0.418 e. The third-order valence-electron chi connectivity index (χ3n) is 4.15. The summed E-state index contributed by atoms with van der Waals surface area (Å²) in [4.78, 5) is 11.9. The molecule has 1 N–H and O–H groups in total. The molecule has 6 nitrogen and oxygen atoms in total. The normalized spacial score (nSPS) is 11.8. The Balaban J connectivity index is 1.87. The number of benzene rings is 2. The molecule has 0 heterocycles. The molecule has 0 aliphatic heterocycles. The van der Waals surface area contributed by atoms with Crippen molar-refractivity contribution in [1.29, 1.82) is 0 Å². The summed E-state index contributed by atoms with van der Waals surface area (Å²) in [5, 5.41) is 2.57. The van der Waals surface area contributed by atoms with Crippen molar-refractivity contribution in [3.63, 3.8) is 0 Å². The lowest BCUT2D eigenvalue weighted by Gasteiger charge is -2.25. The highest BCUT2D eigenvalue weighted by Gasteiger charge is 2.36. The molecule has 0 saturated heterocycles. The van der Waals surface area contributed by atoms with E-state index < -0.39 is 39.2 Å². The molecule has 170 valence electrons. The van der Waals surface area contributed by atoms with E-state index in [1.165, 1.54) is 36.4 Å². The Morgan fingerprint density at radius 1 is 1.10 bits per heavy atom. The van der Waals surface area contributed by atoms with E-state index >= 15 is 0 Å². The van der Waals surface area contributed by atoms with Crippen molar-refractivity contribution < 1.29 is 35.5 Å². The topological polar surface area (TPSA) is 75.7 Å². The third kappa shape index (κ3) is 7.74. The minimum atomic E-state index is -4.72. The van der Waals surface area contributed by atoms with E-state index in [0.29, 0.717) is 10.1 Å². The fourth-order valence-corrected chi connectivity index (χ4v) is 3.73. The number of nitrogens with one attached hydrogen (secondary N) is 1. The van der Waals surface area contributed by atoms with Gasteiger partial charge in [-0.1, -0.05) is 12.1 Å². The van der Waals surface area contributed by atoms with E-state index in [-0.39, 0.29) is 32.5 Å². The molecule has 2 rings (SSSR count). The highest BCUT2D eigenvalue weighted by atomic mass is 32.2. The maximum absolute atomic E-state index is 13.2. The Morgan fingerprint density at radius 3 is 2.35 bits per heavy atom. The number of sulfonamides is 1. The van der Waals surface area contributed by atoms with E-state index in [4.69, 9.17) is 4.74 Å². The Hall–Kier alpha value is -2.82. The van der Waals surface area contributed by atoms with E-state index in [1.807, 2.05) is 0 Å². The zero-order valence-corrected chi connectivity index (χ0v) is 17.5. The molecule has 2 aromatic rings. The van der Waals surface area contributed by atoms with Gasteiger partial charge in [-0.15, -0.1) is 0 Å². The highest BCUT2D eigenvalue weighted by Crippen LogP contribution is 2.37. The van der Waals surface area contributed by atoms with Crippen LogP contribution in [0.15, 0.2) is 48.5 Å². The summed E-state index contributed by atoms with van der Waals surface area (Å²) in [6.45, 7) is 0.000127. The van der Waals surface area contributed by atoms with Gasteiger partial charge in [0, 0.05) is 13.0 Å². The van der Waals surface area contributed by atoms with Gasteiger partial charge in [-0.25, -0.2) is 12.8 Å². The number of carbonyl (C=O) groups is 1. The molecule has 0 aliphatic carbocycles. The van der Waals surface area contributed by atoms with Crippen LogP contribution in [0.4, 0.5) is 23.2 Å². The Morgan fingerprint density at radius 2 is 1.74 bits per heavy atom. The minimum Gasteiger partial charge on any atom is -0.492 e. The van der Waals surface area contributed by atoms with Crippen molar-refractivity contribution in [2.75, 3.05) is 30.3 Å². The molecular formula is C20H22F4N2O4S. The van der Waals surface area contributed by atoms with E-state index in [2.05, 4.69) is 5.32 Å². The van der Waals surface area contributed by atoms with Crippen molar-refractivity contribution in [2.45, 2.75) is 19.0 Å². The standard InChI is InChI=1S/C20H22F4N2O4S/c1-31(28,29)26(18-6-3-2-5-17(18)20(22,23)24)13-4-7-19(27)25-12-14-30-16-10-8-15(21)9-11-16/h2-3,5-6,8-11H,4,7,12-14H2,1H3,(H,25,27). The molecule has 0 atom stereocenters. The number of ether oxygens (including phenoxy) is 1. The molecule has 0 bridgehead atoms. The van der Waals surface area contributed by atoms with Gasteiger partial charge in [0.15, 0.2) is 0 Å². The summed E-state index contributed by atoms with van der Waals surface area (Å²) in [7, 11) is -4.00. The number of para-hydroxylation sites is 1. The fraction of sp³-hybridized carbons (Fsp3) is 0.350. The lowest BCUT2D eigenvalue weighted by Crippen LogP contribution is -2.34. The minimum absolute atomic E-state index is 0.0178. The molecule has 0 aromatic heterocycles. The Kier molecular flexibility index (Phi) is 8.26. The summed E-state index contributed by atoms with van der Waals surface area (Å²) < 4.78 is 82.7. The molecule has 0 saturated carbocycles. The van der Waals surface area contributed by atoms with Gasteiger partial charge in [-0.2, -0.15) is 13.2 Å². The number of carbonyl (C=O) groups excluding carboxylic acids is 1. The van der Waals surface area contributed by atoms with Crippen molar-refractivity contribution in [2.24, 2.45) is 0 Å². The van der Waals surface area contributed by atoms with Crippen LogP contribution in [0.25, 0.3) is 0 Å². The fourth-order valence-electron chi connectivity index (χ4n) is 2.76. The van der Waals surface area contributed by atoms with Crippen molar-refractivity contribution in [3.05, 3.63) is 59.9 Å². The van der Waals surface area contributed by atoms with Gasteiger partial charge in [0.05, 0.1) is 24.1 Å². The average Bonchev–Trinajstić information content (AvgIpc) is 2.68. The van der Waals surface area contributed by atoms with Gasteiger partial charge >= 0.3 is 6.18 Å². The highest BCUT2D eigenvalue weighted by molar-refractivity contribution is 7.92. The first kappa shape index (κ1) is 24.4. The van der Waals surface area contributed by atoms with Crippen LogP contribution < -0.4 is 14.4 Å². The Labute approximate surface area is 177 Å². The quantitative estimate of drug-likeness (QED) is 0.433. The molecular weight excluding hydrogens is 440 g/mol. The first-order chi connectivity index (χ1) is 14.5. The number of hydrogen-bond acceptors (Lipinski definition) is 4. The van der Waals surface area contributed by atoms with Gasteiger partial charge < -0.3 is 10.1 Å². The summed E-state index contributed by atoms with van der Waals surface area (Å²) in [5.41, 5.74) is -1.55. The second kappa shape index (κ2) is 10.5. The van der Waals surface area contributed by atoms with Crippen LogP contribution in [0.2, 0.25) is 0 Å². The number of nitrogens with zero attached hydrogens (tertiary/aromatic N) is 1. The number of anilines is 1. The summed E-state index contributed by atoms with van der Waals surface area (Å²) in [6.07, 6.45) is -3.98. The summed E-state index contributed by atoms with van der Waals surface area (Å²) >= 11 is 0. The second-order valence-corrected chi connectivity index (χ2v) is 8.51. The van der Waals surface area contributed by atoms with Crippen LogP contribution >= 0.6 is 0 Å². The molecule has 0 spiro atoms. The van der Waals surface area contributed by atoms with Crippen LogP contribution in [0.5, 0.6) is 5.75 Å². The predicted molar refractivity (Wildman–Crippen MR) is 108 cm³/mol. The van der Waals surface area contributed by atoms with Crippen molar-refractivity contribution >= 4 is 21.6 Å². The molecule has 2 aromatic carbocycles. The molecule has 11 heteroatoms. The number of amides is 1. The lowest BCUT2D eigenvalue weighted by atomic mass is 10.1. The number of hydrogen-bond donors (Lipinski definition) is 1. The first-order valence-electron chi connectivity index (χ1n) is 9.27. The maximum atomic E-state index is 13.2. The van der Waals surface area contributed by atoms with Gasteiger partial charge in [-0.05, 0) is 42.8 Å². The molecule has 0 aliphatic rings. The molecule has 0 unspecified atom stereocenters. The zero-order valence-electron chi connectivity index (χ0n) is 16.7. The van der Waals surface area contributed by atoms with E-state index in [0.717, 1.165) is 18.4 Å². The molecule has 1 amide bonds. The third-order valence-corrected chi connectivity index (χ3v) is 5.33. The van der Waals surface area contributed by atoms with Crippen molar-refractivity contribution in [1.82, 2.24) is 5.32 Å². The van der Waals surface area contributed by atoms with Crippen molar-refractivity contribution in [3.8, 4) is 5.75 Å². The van der Waals surface area contributed by atoms with Gasteiger partial charge in [0.2, 0.25) is 15.9 Å². The Bertz CT molecular complexity index is 979. The van der Waals surface area contributed by atoms with Crippen LogP contribution in [0, 0.1) is 5.82 Å². The summed E-state index contributed by atoms with van der Waals surface area (Å²) in [5.74, 6) is -0.371. The van der Waals surface area contributed by atoms with Crippen LogP contribution in [-0.2, 0) is 21.0 Å². The lowest BCUT2D eigenvalue weighted by molar-refractivity contribution is -0.137. The molecule has 0 radical (unpaired) electrons. The average molecular weight is 462 g/mol. The van der Waals surface area contributed by atoms with Gasteiger partial charge in [0.1, 0.15) is 18.2 Å². The summed E-state index contributed by atoms with van der Waals surface area (Å²) in [6, 6.07) is 9.73. The number of alkyl halides is 3. The first-order valence-corrected chi connectivity index (χ1v) is 11.1. The second-order valence-electron chi connectivity index (χ2n) is 6.61. The van der Waals surface area contributed by atoms with E-state index in [1.54, 1.807) is 0 Å².